The monoisotopic (exact) mass is 287 g/mol. The fraction of sp³-hybridized carbons (Fsp3) is 0.400. The van der Waals surface area contributed by atoms with Crippen LogP contribution in [0.1, 0.15) is 32.1 Å². The van der Waals surface area contributed by atoms with Crippen molar-refractivity contribution in [2.75, 3.05) is 10.6 Å². The van der Waals surface area contributed by atoms with Crippen molar-refractivity contribution < 1.29 is 4.39 Å². The molecule has 0 spiro atoms. The highest BCUT2D eigenvalue weighted by atomic mass is 19.1. The largest absolute Gasteiger partial charge is 0.350 e. The second kappa shape index (κ2) is 6.47. The van der Waals surface area contributed by atoms with E-state index in [1.54, 1.807) is 18.2 Å². The second-order valence-electron chi connectivity index (χ2n) is 5.25. The lowest BCUT2D eigenvalue weighted by molar-refractivity contribution is 0.460. The van der Waals surface area contributed by atoms with Crippen LogP contribution in [0.5, 0.6) is 0 Å². The van der Waals surface area contributed by atoms with Gasteiger partial charge in [0.15, 0.2) is 5.82 Å². The number of benzene rings is 1. The molecule has 0 unspecified atom stereocenters. The van der Waals surface area contributed by atoms with Gasteiger partial charge in [0.25, 0.3) is 0 Å². The maximum atomic E-state index is 13.6. The summed E-state index contributed by atoms with van der Waals surface area (Å²) in [4.78, 5) is 4.34. The average Bonchev–Trinajstić information content (AvgIpc) is 2.51. The maximum absolute atomic E-state index is 13.6. The lowest BCUT2D eigenvalue weighted by Crippen LogP contribution is -2.23. The molecular weight excluding hydrogens is 269 g/mol. The third-order valence-corrected chi connectivity index (χ3v) is 3.63. The Morgan fingerprint density at radius 1 is 1.10 bits per heavy atom. The Morgan fingerprint density at radius 3 is 2.71 bits per heavy atom. The molecule has 1 saturated carbocycles. The van der Waals surface area contributed by atoms with Gasteiger partial charge in [0, 0.05) is 6.04 Å². The Morgan fingerprint density at radius 2 is 1.90 bits per heavy atom. The van der Waals surface area contributed by atoms with Crippen LogP contribution in [0.25, 0.3) is 0 Å². The van der Waals surface area contributed by atoms with E-state index in [4.69, 9.17) is 0 Å². The lowest BCUT2D eigenvalue weighted by Gasteiger charge is -2.22. The fourth-order valence-corrected chi connectivity index (χ4v) is 2.55. The normalized spacial score (nSPS) is 15.7. The van der Waals surface area contributed by atoms with Gasteiger partial charge in [-0.15, -0.1) is 5.10 Å². The summed E-state index contributed by atoms with van der Waals surface area (Å²) >= 11 is 0. The first-order valence-corrected chi connectivity index (χ1v) is 7.29. The van der Waals surface area contributed by atoms with Crippen LogP contribution < -0.4 is 10.6 Å². The highest BCUT2D eigenvalue weighted by molar-refractivity contribution is 5.56. The van der Waals surface area contributed by atoms with Crippen molar-refractivity contribution in [3.63, 3.8) is 0 Å². The fourth-order valence-electron chi connectivity index (χ4n) is 2.55. The molecule has 2 aromatic rings. The molecule has 0 amide bonds. The molecule has 0 aliphatic heterocycles. The van der Waals surface area contributed by atoms with E-state index in [2.05, 4.69) is 25.8 Å². The van der Waals surface area contributed by atoms with Gasteiger partial charge in [-0.05, 0) is 25.0 Å². The topological polar surface area (TPSA) is 62.7 Å². The average molecular weight is 287 g/mol. The molecule has 0 atom stereocenters. The van der Waals surface area contributed by atoms with Crippen molar-refractivity contribution in [2.24, 2.45) is 0 Å². The third-order valence-electron chi connectivity index (χ3n) is 3.63. The third kappa shape index (κ3) is 3.65. The molecule has 1 aromatic heterocycles. The van der Waals surface area contributed by atoms with Crippen molar-refractivity contribution in [3.8, 4) is 0 Å². The second-order valence-corrected chi connectivity index (χ2v) is 5.25. The van der Waals surface area contributed by atoms with Crippen LogP contribution in [0.4, 0.5) is 21.8 Å². The minimum Gasteiger partial charge on any atom is -0.350 e. The van der Waals surface area contributed by atoms with E-state index in [9.17, 15) is 4.39 Å². The van der Waals surface area contributed by atoms with Gasteiger partial charge in [0.2, 0.25) is 5.95 Å². The van der Waals surface area contributed by atoms with Crippen LogP contribution in [0, 0.1) is 5.82 Å². The van der Waals surface area contributed by atoms with Gasteiger partial charge in [-0.2, -0.15) is 10.1 Å². The number of rotatable bonds is 4. The molecule has 1 aliphatic rings. The van der Waals surface area contributed by atoms with E-state index >= 15 is 0 Å². The van der Waals surface area contributed by atoms with Crippen molar-refractivity contribution in [1.29, 1.82) is 0 Å². The Labute approximate surface area is 123 Å². The number of halogens is 1. The summed E-state index contributed by atoms with van der Waals surface area (Å²) in [6, 6.07) is 6.88. The van der Waals surface area contributed by atoms with E-state index in [1.807, 2.05) is 0 Å². The molecule has 0 saturated heterocycles. The van der Waals surface area contributed by atoms with E-state index < -0.39 is 0 Å². The van der Waals surface area contributed by atoms with Crippen LogP contribution in [-0.2, 0) is 0 Å². The van der Waals surface area contributed by atoms with Crippen LogP contribution in [0.2, 0.25) is 0 Å². The van der Waals surface area contributed by atoms with Crippen LogP contribution in [-0.4, -0.2) is 21.2 Å². The highest BCUT2D eigenvalue weighted by Gasteiger charge is 2.14. The molecule has 0 radical (unpaired) electrons. The van der Waals surface area contributed by atoms with Gasteiger partial charge in [0.1, 0.15) is 5.82 Å². The number of para-hydroxylation sites is 1. The lowest BCUT2D eigenvalue weighted by atomic mass is 9.96. The molecule has 1 aromatic carbocycles. The Hall–Kier alpha value is -2.24. The first-order valence-electron chi connectivity index (χ1n) is 7.29. The number of hydrogen-bond donors (Lipinski definition) is 2. The molecule has 0 bridgehead atoms. The number of hydrogen-bond acceptors (Lipinski definition) is 5. The van der Waals surface area contributed by atoms with Gasteiger partial charge in [-0.3, -0.25) is 0 Å². The van der Waals surface area contributed by atoms with Crippen molar-refractivity contribution >= 4 is 17.5 Å². The number of nitrogens with zero attached hydrogens (tertiary/aromatic N) is 3. The molecular formula is C15H18FN5. The van der Waals surface area contributed by atoms with Gasteiger partial charge in [0.05, 0.1) is 11.9 Å². The van der Waals surface area contributed by atoms with Crippen LogP contribution >= 0.6 is 0 Å². The van der Waals surface area contributed by atoms with Gasteiger partial charge < -0.3 is 10.6 Å². The predicted molar refractivity (Wildman–Crippen MR) is 80.0 cm³/mol. The van der Waals surface area contributed by atoms with Crippen molar-refractivity contribution in [1.82, 2.24) is 15.2 Å². The number of nitrogens with one attached hydrogen (secondary N) is 2. The highest BCUT2D eigenvalue weighted by Crippen LogP contribution is 2.21. The first kappa shape index (κ1) is 13.7. The predicted octanol–water partition coefficient (Wildman–Crippen LogP) is 3.50. The zero-order valence-corrected chi connectivity index (χ0v) is 11.7. The van der Waals surface area contributed by atoms with Gasteiger partial charge >= 0.3 is 0 Å². The zero-order valence-electron chi connectivity index (χ0n) is 11.7. The molecule has 110 valence electrons. The maximum Gasteiger partial charge on any atom is 0.244 e. The summed E-state index contributed by atoms with van der Waals surface area (Å²) in [6.45, 7) is 0. The Bertz CT molecular complexity index is 598. The van der Waals surface area contributed by atoms with Crippen LogP contribution in [0.3, 0.4) is 0 Å². The number of aromatic nitrogens is 3. The molecule has 1 fully saturated rings. The summed E-state index contributed by atoms with van der Waals surface area (Å²) in [5.41, 5.74) is 0.376. The molecule has 1 aliphatic carbocycles. The van der Waals surface area contributed by atoms with Crippen molar-refractivity contribution in [3.05, 3.63) is 36.3 Å². The van der Waals surface area contributed by atoms with E-state index in [-0.39, 0.29) is 5.82 Å². The summed E-state index contributed by atoms with van der Waals surface area (Å²) in [6.07, 6.45) is 7.52. The van der Waals surface area contributed by atoms with E-state index in [1.165, 1.54) is 31.5 Å². The molecule has 21 heavy (non-hydrogen) atoms. The standard InChI is InChI=1S/C15H18FN5/c16-12-8-4-5-9-13(12)19-14-10-17-21-15(20-14)18-11-6-2-1-3-7-11/h4-5,8-11H,1-3,6-7H2,(H2,18,19,20,21). The first-order chi connectivity index (χ1) is 10.3. The Kier molecular flexibility index (Phi) is 4.23. The Balaban J connectivity index is 1.69. The summed E-state index contributed by atoms with van der Waals surface area (Å²) in [5.74, 6) is 0.648. The quantitative estimate of drug-likeness (QED) is 0.901. The number of anilines is 3. The van der Waals surface area contributed by atoms with Crippen LogP contribution in [0.15, 0.2) is 30.5 Å². The summed E-state index contributed by atoms with van der Waals surface area (Å²) < 4.78 is 13.6. The van der Waals surface area contributed by atoms with Gasteiger partial charge in [-0.1, -0.05) is 31.4 Å². The minimum atomic E-state index is -0.321. The SMILES string of the molecule is Fc1ccccc1Nc1cnnc(NC2CCCCC2)n1. The minimum absolute atomic E-state index is 0.321. The van der Waals surface area contributed by atoms with Gasteiger partial charge in [-0.25, -0.2) is 4.39 Å². The van der Waals surface area contributed by atoms with E-state index in [0.717, 1.165) is 12.8 Å². The molecule has 6 heteroatoms. The molecule has 3 rings (SSSR count). The summed E-state index contributed by atoms with van der Waals surface area (Å²) in [5, 5.41) is 14.1. The zero-order chi connectivity index (χ0) is 14.5. The molecule has 1 heterocycles. The summed E-state index contributed by atoms with van der Waals surface area (Å²) in [7, 11) is 0. The smallest absolute Gasteiger partial charge is 0.244 e. The molecule has 2 N–H and O–H groups in total. The van der Waals surface area contributed by atoms with Crippen molar-refractivity contribution in [2.45, 2.75) is 38.1 Å². The van der Waals surface area contributed by atoms with E-state index in [0.29, 0.717) is 23.5 Å². The molecule has 5 nitrogen and oxygen atoms in total.